The largest absolute Gasteiger partial charge is 0.386 e. The number of amidine groups is 1. The van der Waals surface area contributed by atoms with Crippen molar-refractivity contribution in [3.05, 3.63) is 69.6 Å². The number of thiazole rings is 1. The van der Waals surface area contributed by atoms with Crippen LogP contribution < -0.4 is 9.62 Å². The second kappa shape index (κ2) is 18.0. The molecule has 0 amide bonds. The van der Waals surface area contributed by atoms with Crippen molar-refractivity contribution in [3.8, 4) is 0 Å². The Morgan fingerprint density at radius 2 is 2.07 bits per heavy atom. The lowest BCUT2D eigenvalue weighted by atomic mass is 10.1. The lowest BCUT2D eigenvalue weighted by Gasteiger charge is -2.26. The predicted octanol–water partition coefficient (Wildman–Crippen LogP) is 7.94. The minimum atomic E-state index is -3.66. The van der Waals surface area contributed by atoms with Gasteiger partial charge in [-0.15, -0.1) is 22.7 Å². The number of allylic oxidation sites excluding steroid dienone is 1. The van der Waals surface area contributed by atoms with E-state index in [1.165, 1.54) is 20.5 Å². The standard InChI is InChI=1S/C31H40N6O2S3.C2H6/c1-5-17-34-31(33-4)25-16-20-36(23-25)19-8-11-26-22-35-28(41-26)15-14-24-10-7-12-27(30(24)32-3)37(18-6-2)42(38,39)29-13-9-21-40-29;1-2/h5,7,9-10,12-15,17,21-22,25,32H,4,6,8,11,16,18-20,23H2,1-3H3;1-2H3/b15-14+,17-5-,34-31?;. The minimum Gasteiger partial charge on any atom is -0.386 e. The van der Waals surface area contributed by atoms with Crippen molar-refractivity contribution in [2.24, 2.45) is 15.9 Å². The van der Waals surface area contributed by atoms with Gasteiger partial charge in [0.25, 0.3) is 10.0 Å². The van der Waals surface area contributed by atoms with Crippen LogP contribution in [0.3, 0.4) is 0 Å². The zero-order chi connectivity index (χ0) is 32.0. The number of aryl methyl sites for hydroxylation is 1. The number of likely N-dealkylation sites (tertiary alicyclic amines) is 1. The Hall–Kier alpha value is -3.12. The second-order valence-electron chi connectivity index (χ2n) is 10.0. The van der Waals surface area contributed by atoms with Crippen molar-refractivity contribution in [1.82, 2.24) is 9.88 Å². The van der Waals surface area contributed by atoms with Gasteiger partial charge in [0.15, 0.2) is 0 Å². The van der Waals surface area contributed by atoms with Crippen LogP contribution in [0.2, 0.25) is 0 Å². The molecule has 8 nitrogen and oxygen atoms in total. The summed E-state index contributed by atoms with van der Waals surface area (Å²) in [6, 6.07) is 9.17. The fraction of sp³-hybridized carbons (Fsp3) is 0.424. The normalized spacial score (nSPS) is 15.9. The Labute approximate surface area is 272 Å². The first-order chi connectivity index (χ1) is 21.4. The van der Waals surface area contributed by atoms with E-state index in [9.17, 15) is 8.42 Å². The number of nitrogens with zero attached hydrogens (tertiary/aromatic N) is 5. The van der Waals surface area contributed by atoms with E-state index in [1.807, 2.05) is 77.4 Å². The molecule has 2 aromatic heterocycles. The highest BCUT2D eigenvalue weighted by Crippen LogP contribution is 2.35. The molecule has 11 heteroatoms. The number of thiophene rings is 1. The maximum absolute atomic E-state index is 13.5. The lowest BCUT2D eigenvalue weighted by Crippen LogP contribution is -2.32. The van der Waals surface area contributed by atoms with Crippen LogP contribution in [0, 0.1) is 5.92 Å². The molecule has 3 aromatic rings. The number of hydrogen-bond acceptors (Lipinski definition) is 8. The third-order valence-corrected chi connectivity index (χ3v) is 11.3. The van der Waals surface area contributed by atoms with E-state index in [2.05, 4.69) is 31.9 Å². The number of rotatable bonds is 14. The van der Waals surface area contributed by atoms with Crippen molar-refractivity contribution < 1.29 is 8.42 Å². The van der Waals surface area contributed by atoms with Gasteiger partial charge in [0.2, 0.25) is 0 Å². The van der Waals surface area contributed by atoms with Gasteiger partial charge in [-0.3, -0.25) is 4.31 Å². The highest BCUT2D eigenvalue weighted by atomic mass is 32.2. The first-order valence-electron chi connectivity index (χ1n) is 15.3. The van der Waals surface area contributed by atoms with Crippen LogP contribution in [-0.4, -0.2) is 64.1 Å². The summed E-state index contributed by atoms with van der Waals surface area (Å²) in [6.45, 7) is 15.1. The van der Waals surface area contributed by atoms with Crippen molar-refractivity contribution >= 4 is 68.8 Å². The maximum Gasteiger partial charge on any atom is 0.273 e. The minimum absolute atomic E-state index is 0.343. The van der Waals surface area contributed by atoms with E-state index in [-0.39, 0.29) is 0 Å². The smallest absolute Gasteiger partial charge is 0.273 e. The summed E-state index contributed by atoms with van der Waals surface area (Å²) >= 11 is 2.93. The Bertz CT molecular complexity index is 1510. The average Bonchev–Trinajstić information content (AvgIpc) is 3.83. The molecule has 4 rings (SSSR count). The van der Waals surface area contributed by atoms with Gasteiger partial charge in [-0.2, -0.15) is 0 Å². The molecule has 0 saturated carbocycles. The number of aliphatic imine (C=N–C) groups is 2. The van der Waals surface area contributed by atoms with E-state index in [0.29, 0.717) is 28.8 Å². The number of aromatic nitrogens is 1. The molecule has 1 aromatic carbocycles. The van der Waals surface area contributed by atoms with Gasteiger partial charge in [-0.05, 0) is 87.6 Å². The Morgan fingerprint density at radius 1 is 1.25 bits per heavy atom. The van der Waals surface area contributed by atoms with Crippen molar-refractivity contribution in [1.29, 1.82) is 0 Å². The van der Waals surface area contributed by atoms with Crippen LogP contribution in [0.1, 0.15) is 62.4 Å². The van der Waals surface area contributed by atoms with E-state index >= 15 is 0 Å². The van der Waals surface area contributed by atoms with Gasteiger partial charge < -0.3 is 10.2 Å². The molecule has 238 valence electrons. The van der Waals surface area contributed by atoms with Gasteiger partial charge >= 0.3 is 0 Å². The topological polar surface area (TPSA) is 90.3 Å². The van der Waals surface area contributed by atoms with Crippen LogP contribution in [-0.2, 0) is 16.4 Å². The molecule has 44 heavy (non-hydrogen) atoms. The number of sulfonamides is 1. The fourth-order valence-corrected chi connectivity index (χ4v) is 8.63. The molecular weight excluding hydrogens is 609 g/mol. The predicted molar refractivity (Wildman–Crippen MR) is 192 cm³/mol. The Kier molecular flexibility index (Phi) is 14.5. The van der Waals surface area contributed by atoms with Crippen molar-refractivity contribution in [3.63, 3.8) is 0 Å². The fourth-order valence-electron chi connectivity index (χ4n) is 5.09. The molecule has 0 aliphatic carbocycles. The van der Waals surface area contributed by atoms with Crippen LogP contribution >= 0.6 is 22.7 Å². The summed E-state index contributed by atoms with van der Waals surface area (Å²) in [5.74, 6) is 1.19. The highest BCUT2D eigenvalue weighted by Gasteiger charge is 2.28. The van der Waals surface area contributed by atoms with Gasteiger partial charge in [0.1, 0.15) is 15.1 Å². The van der Waals surface area contributed by atoms with E-state index in [0.717, 1.165) is 61.0 Å². The van der Waals surface area contributed by atoms with Crippen LogP contribution in [0.5, 0.6) is 0 Å². The number of anilines is 2. The van der Waals surface area contributed by atoms with Gasteiger partial charge in [-0.25, -0.2) is 23.4 Å². The van der Waals surface area contributed by atoms with Gasteiger partial charge in [0.05, 0.1) is 11.4 Å². The summed E-state index contributed by atoms with van der Waals surface area (Å²) in [7, 11) is -1.83. The van der Waals surface area contributed by atoms with Crippen molar-refractivity contribution in [2.45, 2.75) is 57.6 Å². The second-order valence-corrected chi connectivity index (χ2v) is 14.2. The van der Waals surface area contributed by atoms with E-state index < -0.39 is 10.0 Å². The SMILES string of the molecule is C=NC(=N/C=C\C)C1CCN(CCCc2cnc(/C=C/c3cccc(N(CCC)S(=O)(=O)c4cccs4)c3NC)s2)C1.CC. The van der Waals surface area contributed by atoms with Gasteiger partial charge in [0, 0.05) is 43.3 Å². The Balaban J connectivity index is 0.00000259. The molecule has 1 aliphatic heterocycles. The van der Waals surface area contributed by atoms with Gasteiger partial charge in [-0.1, -0.05) is 45.0 Å². The lowest BCUT2D eigenvalue weighted by molar-refractivity contribution is 0.329. The molecule has 0 spiro atoms. The Morgan fingerprint density at radius 3 is 2.75 bits per heavy atom. The molecule has 1 atom stereocenters. The maximum atomic E-state index is 13.5. The zero-order valence-electron chi connectivity index (χ0n) is 26.6. The molecule has 1 saturated heterocycles. The molecule has 1 unspecified atom stereocenters. The molecule has 0 bridgehead atoms. The first-order valence-corrected chi connectivity index (χ1v) is 18.4. The number of nitrogens with one attached hydrogen (secondary N) is 1. The quantitative estimate of drug-likeness (QED) is 0.141. The third-order valence-electron chi connectivity index (χ3n) is 7.09. The zero-order valence-corrected chi connectivity index (χ0v) is 29.0. The summed E-state index contributed by atoms with van der Waals surface area (Å²) in [5, 5.41) is 5.96. The highest BCUT2D eigenvalue weighted by molar-refractivity contribution is 7.94. The summed E-state index contributed by atoms with van der Waals surface area (Å²) in [4.78, 5) is 16.9. The molecular formula is C33H46N6O2S3. The number of hydrogen-bond donors (Lipinski definition) is 1. The summed E-state index contributed by atoms with van der Waals surface area (Å²) < 4.78 is 28.8. The summed E-state index contributed by atoms with van der Waals surface area (Å²) in [6.07, 6.45) is 13.5. The number of para-hydroxylation sites is 1. The first kappa shape index (κ1) is 35.4. The number of benzene rings is 1. The van der Waals surface area contributed by atoms with E-state index in [4.69, 9.17) is 0 Å². The average molecular weight is 655 g/mol. The monoisotopic (exact) mass is 654 g/mol. The third kappa shape index (κ3) is 9.20. The van der Waals surface area contributed by atoms with Crippen LogP contribution in [0.15, 0.2) is 68.4 Å². The summed E-state index contributed by atoms with van der Waals surface area (Å²) in [5.41, 5.74) is 2.32. The molecule has 1 N–H and O–H groups in total. The molecule has 1 fully saturated rings. The molecule has 1 aliphatic rings. The van der Waals surface area contributed by atoms with E-state index in [1.54, 1.807) is 35.0 Å². The molecule has 0 radical (unpaired) electrons. The van der Waals surface area contributed by atoms with Crippen LogP contribution in [0.25, 0.3) is 12.2 Å². The van der Waals surface area contributed by atoms with Crippen molar-refractivity contribution in [2.75, 3.05) is 42.8 Å². The molecule has 3 heterocycles. The van der Waals surface area contributed by atoms with Crippen LogP contribution in [0.4, 0.5) is 11.4 Å².